The Balaban J connectivity index is 1.74. The summed E-state index contributed by atoms with van der Waals surface area (Å²) in [5.41, 5.74) is 3.83. The molecule has 1 saturated heterocycles. The van der Waals surface area contributed by atoms with Gasteiger partial charge in [-0.2, -0.15) is 0 Å². The first kappa shape index (κ1) is 20.0. The molecule has 0 spiro atoms. The lowest BCUT2D eigenvalue weighted by atomic mass is 10.0. The van der Waals surface area contributed by atoms with E-state index in [2.05, 4.69) is 6.07 Å². The van der Waals surface area contributed by atoms with Crippen molar-refractivity contribution in [1.82, 2.24) is 0 Å². The maximum absolute atomic E-state index is 13.3. The number of aryl methyl sites for hydroxylation is 1. The van der Waals surface area contributed by atoms with Crippen LogP contribution in [-0.2, 0) is 11.2 Å². The Hall–Kier alpha value is -2.24. The smallest absolute Gasteiger partial charge is 0.271 e. The van der Waals surface area contributed by atoms with Gasteiger partial charge in [0, 0.05) is 11.1 Å². The Bertz CT molecular complexity index is 1030. The number of benzene rings is 2. The molecule has 0 atom stereocenters. The van der Waals surface area contributed by atoms with Gasteiger partial charge in [0.1, 0.15) is 5.75 Å². The van der Waals surface area contributed by atoms with Crippen LogP contribution in [0.15, 0.2) is 46.3 Å². The second-order valence-electron chi connectivity index (χ2n) is 7.46. The number of carbonyl (C=O) groups is 1. The number of aliphatic imine (C=N–C) groups is 1. The van der Waals surface area contributed by atoms with Gasteiger partial charge in [0.15, 0.2) is 5.17 Å². The Kier molecular flexibility index (Phi) is 5.70. The molecule has 29 heavy (non-hydrogen) atoms. The Labute approximate surface area is 180 Å². The van der Waals surface area contributed by atoms with E-state index in [1.807, 2.05) is 57.2 Å². The van der Waals surface area contributed by atoms with E-state index in [4.69, 9.17) is 21.3 Å². The van der Waals surface area contributed by atoms with Gasteiger partial charge in [0.05, 0.1) is 17.2 Å². The van der Waals surface area contributed by atoms with Crippen LogP contribution < -0.4 is 9.64 Å². The molecule has 4 nitrogen and oxygen atoms in total. The summed E-state index contributed by atoms with van der Waals surface area (Å²) in [6.07, 6.45) is 3.96. The zero-order valence-electron chi connectivity index (χ0n) is 16.7. The fourth-order valence-electron chi connectivity index (χ4n) is 3.45. The zero-order chi connectivity index (χ0) is 20.5. The van der Waals surface area contributed by atoms with Gasteiger partial charge in [-0.15, -0.1) is 0 Å². The van der Waals surface area contributed by atoms with Crippen LogP contribution in [0.5, 0.6) is 5.75 Å². The van der Waals surface area contributed by atoms with Crippen LogP contribution in [0.3, 0.4) is 0 Å². The van der Waals surface area contributed by atoms with E-state index in [-0.39, 0.29) is 11.9 Å². The van der Waals surface area contributed by atoms with Gasteiger partial charge >= 0.3 is 0 Å². The van der Waals surface area contributed by atoms with Crippen molar-refractivity contribution < 1.29 is 9.53 Å². The van der Waals surface area contributed by atoms with E-state index in [1.54, 1.807) is 4.90 Å². The molecule has 0 bridgehead atoms. The number of hydrogen-bond acceptors (Lipinski definition) is 4. The molecule has 0 radical (unpaired) electrons. The summed E-state index contributed by atoms with van der Waals surface area (Å²) >= 11 is 7.73. The van der Waals surface area contributed by atoms with E-state index < -0.39 is 0 Å². The molecule has 1 amide bonds. The maximum Gasteiger partial charge on any atom is 0.271 e. The molecule has 0 saturated carbocycles. The van der Waals surface area contributed by atoms with Crippen LogP contribution in [0, 0.1) is 6.92 Å². The normalized spacial score (nSPS) is 19.2. The molecule has 6 heteroatoms. The summed E-state index contributed by atoms with van der Waals surface area (Å²) in [4.78, 5) is 20.4. The number of nitrogens with zero attached hydrogens (tertiary/aromatic N) is 2. The summed E-state index contributed by atoms with van der Waals surface area (Å²) in [6, 6.07) is 11.8. The van der Waals surface area contributed by atoms with Gasteiger partial charge in [-0.05, 0) is 92.4 Å². The number of fused-ring (bicyclic) bond motifs is 1. The minimum atomic E-state index is -0.0752. The number of halogens is 1. The highest BCUT2D eigenvalue weighted by atomic mass is 35.5. The summed E-state index contributed by atoms with van der Waals surface area (Å²) in [5, 5.41) is 1.32. The number of rotatable bonds is 3. The predicted molar refractivity (Wildman–Crippen MR) is 122 cm³/mol. The lowest BCUT2D eigenvalue weighted by Gasteiger charge is -2.19. The predicted octanol–water partition coefficient (Wildman–Crippen LogP) is 5.86. The fourth-order valence-corrected chi connectivity index (χ4v) is 4.73. The third-order valence-corrected chi connectivity index (χ3v) is 6.28. The van der Waals surface area contributed by atoms with E-state index >= 15 is 0 Å². The molecule has 150 valence electrons. The summed E-state index contributed by atoms with van der Waals surface area (Å²) < 4.78 is 5.70. The molecule has 0 N–H and O–H groups in total. The lowest BCUT2D eigenvalue weighted by molar-refractivity contribution is -0.113. The minimum absolute atomic E-state index is 0.0752. The highest BCUT2D eigenvalue weighted by Gasteiger charge is 2.35. The summed E-state index contributed by atoms with van der Waals surface area (Å²) in [6.45, 7) is 6.71. The van der Waals surface area contributed by atoms with Crippen LogP contribution in [-0.4, -0.2) is 23.7 Å². The monoisotopic (exact) mass is 426 g/mol. The quantitative estimate of drug-likeness (QED) is 0.577. The van der Waals surface area contributed by atoms with Gasteiger partial charge < -0.3 is 4.74 Å². The second-order valence-corrected chi connectivity index (χ2v) is 8.88. The SMILES string of the molecule is Cc1c(Cl)cccc1N1C(=O)/C(=C/c2ccc3c(c2)CCCO3)S/C1=N\C(C)C. The van der Waals surface area contributed by atoms with Gasteiger partial charge in [-0.3, -0.25) is 14.7 Å². The number of anilines is 1. The molecule has 2 heterocycles. The molecule has 2 aromatic rings. The van der Waals surface area contributed by atoms with Gasteiger partial charge in [-0.1, -0.05) is 23.7 Å². The maximum atomic E-state index is 13.3. The Morgan fingerprint density at radius 2 is 2.10 bits per heavy atom. The minimum Gasteiger partial charge on any atom is -0.493 e. The lowest BCUT2D eigenvalue weighted by Crippen LogP contribution is -2.30. The standard InChI is InChI=1S/C23H23ClN2O2S/c1-14(2)25-23-26(19-8-4-7-18(24)15(19)3)22(27)21(29-23)13-16-9-10-20-17(12-16)6-5-11-28-20/h4,7-10,12-14H,5-6,11H2,1-3H3/b21-13-,25-23-. The van der Waals surface area contributed by atoms with Crippen molar-refractivity contribution in [2.24, 2.45) is 4.99 Å². The highest BCUT2D eigenvalue weighted by molar-refractivity contribution is 8.19. The van der Waals surface area contributed by atoms with Crippen molar-refractivity contribution in [3.63, 3.8) is 0 Å². The summed E-state index contributed by atoms with van der Waals surface area (Å²) in [5.74, 6) is 0.871. The van der Waals surface area contributed by atoms with E-state index in [0.29, 0.717) is 15.1 Å². The topological polar surface area (TPSA) is 41.9 Å². The molecule has 2 aliphatic rings. The molecule has 1 fully saturated rings. The van der Waals surface area contributed by atoms with E-state index in [0.717, 1.165) is 42.0 Å². The second kappa shape index (κ2) is 8.25. The van der Waals surface area contributed by atoms with Crippen molar-refractivity contribution in [3.8, 4) is 5.75 Å². The number of ether oxygens (including phenoxy) is 1. The molecule has 2 aromatic carbocycles. The third-order valence-electron chi connectivity index (χ3n) is 4.89. The van der Waals surface area contributed by atoms with Crippen LogP contribution in [0.1, 0.15) is 37.0 Å². The molecule has 4 rings (SSSR count). The van der Waals surface area contributed by atoms with Crippen molar-refractivity contribution in [2.75, 3.05) is 11.5 Å². The number of amidine groups is 1. The van der Waals surface area contributed by atoms with Crippen LogP contribution in [0.2, 0.25) is 5.02 Å². The Morgan fingerprint density at radius 3 is 2.90 bits per heavy atom. The van der Waals surface area contributed by atoms with E-state index in [9.17, 15) is 4.79 Å². The van der Waals surface area contributed by atoms with Crippen molar-refractivity contribution >= 4 is 46.2 Å². The van der Waals surface area contributed by atoms with Gasteiger partial charge in [0.25, 0.3) is 5.91 Å². The molecule has 0 aliphatic carbocycles. The first-order chi connectivity index (χ1) is 13.9. The average molecular weight is 427 g/mol. The summed E-state index contributed by atoms with van der Waals surface area (Å²) in [7, 11) is 0. The van der Waals surface area contributed by atoms with Gasteiger partial charge in [0.2, 0.25) is 0 Å². The number of amides is 1. The number of thioether (sulfide) groups is 1. The van der Waals surface area contributed by atoms with Crippen LogP contribution >= 0.6 is 23.4 Å². The van der Waals surface area contributed by atoms with Crippen LogP contribution in [0.25, 0.3) is 6.08 Å². The number of hydrogen-bond donors (Lipinski definition) is 0. The van der Waals surface area contributed by atoms with Crippen LogP contribution in [0.4, 0.5) is 5.69 Å². The molecular weight excluding hydrogens is 404 g/mol. The van der Waals surface area contributed by atoms with Crippen molar-refractivity contribution in [3.05, 3.63) is 63.0 Å². The third kappa shape index (κ3) is 4.07. The highest BCUT2D eigenvalue weighted by Crippen LogP contribution is 2.39. The average Bonchev–Trinajstić information content (AvgIpc) is 2.98. The Morgan fingerprint density at radius 1 is 1.28 bits per heavy atom. The molecule has 0 aromatic heterocycles. The largest absolute Gasteiger partial charge is 0.493 e. The zero-order valence-corrected chi connectivity index (χ0v) is 18.3. The molecular formula is C23H23ClN2O2S. The fraction of sp³-hybridized carbons (Fsp3) is 0.304. The molecule has 0 unspecified atom stereocenters. The first-order valence-corrected chi connectivity index (χ1v) is 11.0. The number of carbonyl (C=O) groups excluding carboxylic acids is 1. The molecule has 2 aliphatic heterocycles. The van der Waals surface area contributed by atoms with E-state index in [1.165, 1.54) is 17.3 Å². The first-order valence-electron chi connectivity index (χ1n) is 9.76. The van der Waals surface area contributed by atoms with Gasteiger partial charge in [-0.25, -0.2) is 0 Å². The van der Waals surface area contributed by atoms with Crippen molar-refractivity contribution in [1.29, 1.82) is 0 Å². The van der Waals surface area contributed by atoms with Crippen molar-refractivity contribution in [2.45, 2.75) is 39.7 Å².